The molecular weight excluding hydrogens is 489 g/mol. The zero-order chi connectivity index (χ0) is 26.8. The van der Waals surface area contributed by atoms with E-state index in [9.17, 15) is 14.0 Å². The topological polar surface area (TPSA) is 46.6 Å². The third-order valence-corrected chi connectivity index (χ3v) is 7.31. The number of allylic oxidation sites excluding steroid dienone is 1. The molecule has 192 valence electrons. The Balaban J connectivity index is 1.16. The van der Waals surface area contributed by atoms with Gasteiger partial charge in [0.25, 0.3) is 0 Å². The molecule has 1 aliphatic carbocycles. The summed E-state index contributed by atoms with van der Waals surface area (Å²) >= 11 is 0. The number of carbonyl (C=O) groups excluding carboxylic acids is 2. The van der Waals surface area contributed by atoms with E-state index in [1.807, 2.05) is 54.6 Å². The van der Waals surface area contributed by atoms with E-state index < -0.39 is 6.09 Å². The van der Waals surface area contributed by atoms with Gasteiger partial charge in [0.2, 0.25) is 0 Å². The monoisotopic (exact) mass is 515 g/mol. The van der Waals surface area contributed by atoms with Crippen molar-refractivity contribution < 1.29 is 18.7 Å². The molecule has 2 aliphatic rings. The normalized spacial score (nSPS) is 15.5. The van der Waals surface area contributed by atoms with E-state index in [2.05, 4.69) is 24.3 Å². The van der Waals surface area contributed by atoms with Gasteiger partial charge in [-0.25, -0.2) is 9.18 Å². The summed E-state index contributed by atoms with van der Waals surface area (Å²) in [5.74, 6) is -0.298. The van der Waals surface area contributed by atoms with E-state index in [0.717, 1.165) is 39.7 Å². The standard InChI is InChI=1S/C34H26FNO3/c35-28-15-13-27(14-16-28)26-11-9-23(10-12-26)17-24-18-25(21-37)20-36(19-24)34(38)39-22-33-31-7-3-1-5-29(31)30-6-2-4-8-32(30)33/h1-17,20-21,33H,18-19,22H2. The number of nitrogens with zero attached hydrogens (tertiary/aromatic N) is 1. The van der Waals surface area contributed by atoms with Gasteiger partial charge in [-0.1, -0.05) is 91.0 Å². The van der Waals surface area contributed by atoms with Gasteiger partial charge in [-0.2, -0.15) is 0 Å². The summed E-state index contributed by atoms with van der Waals surface area (Å²) in [4.78, 5) is 26.3. The molecule has 1 amide bonds. The van der Waals surface area contributed by atoms with Gasteiger partial charge in [0.05, 0.1) is 6.54 Å². The van der Waals surface area contributed by atoms with Gasteiger partial charge in [0.1, 0.15) is 18.7 Å². The smallest absolute Gasteiger partial charge is 0.414 e. The van der Waals surface area contributed by atoms with Crippen molar-refractivity contribution in [1.82, 2.24) is 4.90 Å². The highest BCUT2D eigenvalue weighted by Gasteiger charge is 2.30. The number of carbonyl (C=O) groups is 2. The van der Waals surface area contributed by atoms with Crippen LogP contribution in [0.2, 0.25) is 0 Å². The van der Waals surface area contributed by atoms with Crippen LogP contribution in [-0.4, -0.2) is 30.4 Å². The lowest BCUT2D eigenvalue weighted by Gasteiger charge is -2.26. The molecule has 0 fully saturated rings. The fourth-order valence-corrected chi connectivity index (χ4v) is 5.44. The maximum atomic E-state index is 13.2. The first-order valence-corrected chi connectivity index (χ1v) is 12.9. The minimum absolute atomic E-state index is 0.0321. The van der Waals surface area contributed by atoms with Gasteiger partial charge < -0.3 is 4.74 Å². The first-order valence-electron chi connectivity index (χ1n) is 12.9. The largest absolute Gasteiger partial charge is 0.448 e. The summed E-state index contributed by atoms with van der Waals surface area (Å²) in [7, 11) is 0. The zero-order valence-corrected chi connectivity index (χ0v) is 21.2. The minimum atomic E-state index is -0.478. The first-order chi connectivity index (χ1) is 19.1. The van der Waals surface area contributed by atoms with E-state index in [1.54, 1.807) is 18.3 Å². The molecule has 4 aromatic rings. The summed E-state index contributed by atoms with van der Waals surface area (Å²) in [5, 5.41) is 0. The summed E-state index contributed by atoms with van der Waals surface area (Å²) < 4.78 is 19.1. The Morgan fingerprint density at radius 2 is 1.44 bits per heavy atom. The van der Waals surface area contributed by atoms with Crippen molar-refractivity contribution in [3.63, 3.8) is 0 Å². The van der Waals surface area contributed by atoms with Crippen LogP contribution < -0.4 is 0 Å². The summed E-state index contributed by atoms with van der Waals surface area (Å²) in [6.07, 6.45) is 4.36. The molecule has 0 N–H and O–H groups in total. The molecule has 1 aliphatic heterocycles. The minimum Gasteiger partial charge on any atom is -0.448 e. The number of fused-ring (bicyclic) bond motifs is 3. The third kappa shape index (κ3) is 5.04. The molecule has 0 saturated carbocycles. The first kappa shape index (κ1) is 24.6. The average Bonchev–Trinajstić information content (AvgIpc) is 3.30. The second-order valence-corrected chi connectivity index (χ2v) is 9.86. The Labute approximate surface area is 226 Å². The summed E-state index contributed by atoms with van der Waals surface area (Å²) in [6.45, 7) is 0.561. The van der Waals surface area contributed by atoms with Crippen LogP contribution in [0.3, 0.4) is 0 Å². The molecule has 0 saturated heterocycles. The number of aldehydes is 1. The maximum Gasteiger partial charge on any atom is 0.414 e. The molecule has 0 radical (unpaired) electrons. The van der Waals surface area contributed by atoms with Crippen LogP contribution in [0.4, 0.5) is 9.18 Å². The molecule has 5 heteroatoms. The number of rotatable bonds is 5. The van der Waals surface area contributed by atoms with Crippen LogP contribution in [-0.2, 0) is 9.53 Å². The number of ether oxygens (including phenoxy) is 1. The molecule has 0 atom stereocenters. The SMILES string of the molecule is O=CC1=CN(C(=O)OCC2c3ccccc3-c3ccccc32)CC(=Cc2ccc(-c3ccc(F)cc3)cc2)C1. The Bertz CT molecular complexity index is 1560. The highest BCUT2D eigenvalue weighted by molar-refractivity contribution is 5.81. The van der Waals surface area contributed by atoms with E-state index in [-0.39, 0.29) is 18.3 Å². The Morgan fingerprint density at radius 1 is 0.846 bits per heavy atom. The predicted octanol–water partition coefficient (Wildman–Crippen LogP) is 7.61. The average molecular weight is 516 g/mol. The van der Waals surface area contributed by atoms with Crippen LogP contribution >= 0.6 is 0 Å². The van der Waals surface area contributed by atoms with Crippen molar-refractivity contribution in [1.29, 1.82) is 0 Å². The van der Waals surface area contributed by atoms with Gasteiger partial charge >= 0.3 is 6.09 Å². The lowest BCUT2D eigenvalue weighted by atomic mass is 9.98. The molecule has 0 unspecified atom stereocenters. The van der Waals surface area contributed by atoms with Crippen molar-refractivity contribution in [3.05, 3.63) is 137 Å². The predicted molar refractivity (Wildman–Crippen MR) is 150 cm³/mol. The van der Waals surface area contributed by atoms with Crippen LogP contribution in [0.1, 0.15) is 29.0 Å². The fourth-order valence-electron chi connectivity index (χ4n) is 5.44. The molecule has 6 rings (SSSR count). The second-order valence-electron chi connectivity index (χ2n) is 9.86. The number of hydrogen-bond acceptors (Lipinski definition) is 3. The van der Waals surface area contributed by atoms with Gasteiger partial charge in [-0.15, -0.1) is 0 Å². The van der Waals surface area contributed by atoms with E-state index >= 15 is 0 Å². The number of amides is 1. The zero-order valence-electron chi connectivity index (χ0n) is 21.2. The van der Waals surface area contributed by atoms with E-state index in [0.29, 0.717) is 18.5 Å². The third-order valence-electron chi connectivity index (χ3n) is 7.31. The quantitative estimate of drug-likeness (QED) is 0.257. The van der Waals surface area contributed by atoms with Crippen molar-refractivity contribution in [2.45, 2.75) is 12.3 Å². The molecular formula is C34H26FNO3. The number of benzene rings is 4. The van der Waals surface area contributed by atoms with Crippen LogP contribution in [0, 0.1) is 5.82 Å². The van der Waals surface area contributed by atoms with Crippen molar-refractivity contribution >= 4 is 18.5 Å². The van der Waals surface area contributed by atoms with Gasteiger partial charge in [0, 0.05) is 24.1 Å². The second kappa shape index (κ2) is 10.5. The maximum absolute atomic E-state index is 13.2. The van der Waals surface area contributed by atoms with Gasteiger partial charge in [-0.3, -0.25) is 9.69 Å². The lowest BCUT2D eigenvalue weighted by molar-refractivity contribution is -0.105. The Hall–Kier alpha value is -4.77. The lowest BCUT2D eigenvalue weighted by Crippen LogP contribution is -2.32. The molecule has 39 heavy (non-hydrogen) atoms. The molecule has 4 nitrogen and oxygen atoms in total. The van der Waals surface area contributed by atoms with Crippen LogP contribution in [0.5, 0.6) is 0 Å². The molecule has 0 spiro atoms. The Morgan fingerprint density at radius 3 is 2.05 bits per heavy atom. The number of halogens is 1. The molecule has 4 aromatic carbocycles. The molecule has 0 bridgehead atoms. The van der Waals surface area contributed by atoms with Crippen molar-refractivity contribution in [2.75, 3.05) is 13.2 Å². The van der Waals surface area contributed by atoms with E-state index in [1.165, 1.54) is 28.2 Å². The summed E-state index contributed by atoms with van der Waals surface area (Å²) in [5.41, 5.74) is 8.97. The molecule has 1 heterocycles. The van der Waals surface area contributed by atoms with Crippen molar-refractivity contribution in [2.24, 2.45) is 0 Å². The van der Waals surface area contributed by atoms with Gasteiger partial charge in [-0.05, 0) is 56.6 Å². The van der Waals surface area contributed by atoms with Crippen LogP contribution in [0.15, 0.2) is 114 Å². The molecule has 0 aromatic heterocycles. The number of hydrogen-bond donors (Lipinski definition) is 0. The highest BCUT2D eigenvalue weighted by atomic mass is 19.1. The highest BCUT2D eigenvalue weighted by Crippen LogP contribution is 2.44. The van der Waals surface area contributed by atoms with Crippen LogP contribution in [0.25, 0.3) is 28.3 Å². The fraction of sp³-hybridized carbons (Fsp3) is 0.118. The van der Waals surface area contributed by atoms with E-state index in [4.69, 9.17) is 4.74 Å². The van der Waals surface area contributed by atoms with Crippen molar-refractivity contribution in [3.8, 4) is 22.3 Å². The van der Waals surface area contributed by atoms with Gasteiger partial charge in [0.15, 0.2) is 0 Å². The Kier molecular flexibility index (Phi) is 6.64. The summed E-state index contributed by atoms with van der Waals surface area (Å²) in [6, 6.07) is 30.7.